The van der Waals surface area contributed by atoms with Gasteiger partial charge in [0, 0.05) is 10.7 Å². The number of amides is 1. The average molecular weight is 353 g/mol. The Balaban J connectivity index is 1.83. The number of carbonyl (C=O) groups excluding carboxylic acids is 1. The Kier molecular flexibility index (Phi) is 4.12. The molecule has 1 heterocycles. The molecule has 4 rings (SSSR count). The molecule has 0 N–H and O–H groups in total. The monoisotopic (exact) mass is 352 g/mol. The van der Waals surface area contributed by atoms with Gasteiger partial charge in [-0.15, -0.1) is 0 Å². The van der Waals surface area contributed by atoms with Crippen molar-refractivity contribution >= 4 is 34.6 Å². The van der Waals surface area contributed by atoms with Crippen LogP contribution < -0.4 is 4.90 Å². The molecule has 0 bridgehead atoms. The first kappa shape index (κ1) is 16.3. The minimum atomic E-state index is -0.0767. The fourth-order valence-corrected chi connectivity index (χ4v) is 3.97. The minimum Gasteiger partial charge on any atom is -0.305 e. The summed E-state index contributed by atoms with van der Waals surface area (Å²) >= 11 is 6.14. The van der Waals surface area contributed by atoms with Gasteiger partial charge in [0.2, 0.25) is 5.91 Å². The number of carbonyl (C=O) groups is 1. The van der Waals surface area contributed by atoms with Crippen molar-refractivity contribution < 1.29 is 4.79 Å². The van der Waals surface area contributed by atoms with Crippen molar-refractivity contribution in [1.82, 2.24) is 0 Å². The number of benzene rings is 2. The number of aryl methyl sites for hydroxylation is 2. The molecule has 4 heteroatoms. The molecule has 128 valence electrons. The number of halogens is 1. The highest BCUT2D eigenvalue weighted by molar-refractivity contribution is 6.30. The first-order valence-corrected chi connectivity index (χ1v) is 9.15. The fourth-order valence-electron chi connectivity index (χ4n) is 3.76. The largest absolute Gasteiger partial charge is 0.305 e. The second-order valence-electron chi connectivity index (χ2n) is 7.03. The minimum absolute atomic E-state index is 0.0767. The summed E-state index contributed by atoms with van der Waals surface area (Å²) in [6.07, 6.45) is 2.86. The van der Waals surface area contributed by atoms with Crippen molar-refractivity contribution in [3.63, 3.8) is 0 Å². The van der Waals surface area contributed by atoms with Crippen molar-refractivity contribution in [2.45, 2.75) is 39.7 Å². The standard InChI is InChI=1S/C21H21ClN2O/c1-13-9-19-20(10-14(13)2)24(12-15-5-3-6-16(22)11-15)21(25)17-7-4-8-18(17)23-19/h3,5-6,9-11,17H,4,7-8,12H2,1-2H3. The van der Waals surface area contributed by atoms with Gasteiger partial charge in [-0.05, 0) is 74.1 Å². The van der Waals surface area contributed by atoms with Crippen molar-refractivity contribution in [3.8, 4) is 0 Å². The molecule has 1 saturated carbocycles. The summed E-state index contributed by atoms with van der Waals surface area (Å²) < 4.78 is 0. The SMILES string of the molecule is Cc1cc2c(cc1C)N(Cc1cccc(Cl)c1)C(=O)C1CCCC1=N2. The molecule has 3 nitrogen and oxygen atoms in total. The van der Waals surface area contributed by atoms with Crippen LogP contribution in [0.5, 0.6) is 0 Å². The molecule has 1 fully saturated rings. The van der Waals surface area contributed by atoms with Gasteiger partial charge >= 0.3 is 0 Å². The maximum Gasteiger partial charge on any atom is 0.236 e. The van der Waals surface area contributed by atoms with Gasteiger partial charge in [-0.1, -0.05) is 23.7 Å². The van der Waals surface area contributed by atoms with E-state index >= 15 is 0 Å². The Bertz CT molecular complexity index is 887. The Morgan fingerprint density at radius 2 is 2.00 bits per heavy atom. The second kappa shape index (κ2) is 6.30. The predicted octanol–water partition coefficient (Wildman–Crippen LogP) is 5.38. The highest BCUT2D eigenvalue weighted by Crippen LogP contribution is 2.40. The summed E-state index contributed by atoms with van der Waals surface area (Å²) in [5.74, 6) is 0.0884. The first-order valence-electron chi connectivity index (χ1n) is 8.77. The number of hydrogen-bond donors (Lipinski definition) is 0. The summed E-state index contributed by atoms with van der Waals surface area (Å²) in [5, 5.41) is 0.692. The van der Waals surface area contributed by atoms with E-state index in [0.717, 1.165) is 41.9 Å². The molecular weight excluding hydrogens is 332 g/mol. The maximum absolute atomic E-state index is 13.3. The van der Waals surface area contributed by atoms with Gasteiger partial charge in [0.1, 0.15) is 0 Å². The van der Waals surface area contributed by atoms with E-state index in [0.29, 0.717) is 11.6 Å². The molecule has 0 spiro atoms. The van der Waals surface area contributed by atoms with Gasteiger partial charge in [-0.3, -0.25) is 9.79 Å². The van der Waals surface area contributed by atoms with E-state index in [1.165, 1.54) is 11.1 Å². The van der Waals surface area contributed by atoms with E-state index in [4.69, 9.17) is 16.6 Å². The Morgan fingerprint density at radius 1 is 1.20 bits per heavy atom. The van der Waals surface area contributed by atoms with Crippen LogP contribution in [0.4, 0.5) is 11.4 Å². The fraction of sp³-hybridized carbons (Fsp3) is 0.333. The summed E-state index contributed by atoms with van der Waals surface area (Å²) in [4.78, 5) is 20.1. The van der Waals surface area contributed by atoms with Crippen LogP contribution in [0.15, 0.2) is 41.4 Å². The van der Waals surface area contributed by atoms with E-state index < -0.39 is 0 Å². The van der Waals surface area contributed by atoms with E-state index in [9.17, 15) is 4.79 Å². The number of rotatable bonds is 2. The van der Waals surface area contributed by atoms with Gasteiger partial charge < -0.3 is 4.90 Å². The summed E-state index contributed by atoms with van der Waals surface area (Å²) in [6.45, 7) is 4.70. The molecular formula is C21H21ClN2O. The number of fused-ring (bicyclic) bond motifs is 2. The normalized spacial score (nSPS) is 19.3. The van der Waals surface area contributed by atoms with Crippen molar-refractivity contribution in [1.29, 1.82) is 0 Å². The molecule has 2 aromatic rings. The van der Waals surface area contributed by atoms with Crippen LogP contribution >= 0.6 is 11.6 Å². The van der Waals surface area contributed by atoms with E-state index in [-0.39, 0.29) is 11.8 Å². The lowest BCUT2D eigenvalue weighted by Gasteiger charge is -2.25. The quantitative estimate of drug-likeness (QED) is 0.714. The highest BCUT2D eigenvalue weighted by Gasteiger charge is 2.36. The molecule has 1 atom stereocenters. The number of aliphatic imine (C=N–C) groups is 1. The number of hydrogen-bond acceptors (Lipinski definition) is 2. The lowest BCUT2D eigenvalue weighted by atomic mass is 10.0. The molecule has 1 unspecified atom stereocenters. The van der Waals surface area contributed by atoms with Crippen LogP contribution in [-0.4, -0.2) is 11.6 Å². The van der Waals surface area contributed by atoms with Crippen molar-refractivity contribution in [3.05, 3.63) is 58.1 Å². The summed E-state index contributed by atoms with van der Waals surface area (Å²) in [6, 6.07) is 11.9. The van der Waals surface area contributed by atoms with Crippen molar-refractivity contribution in [2.75, 3.05) is 4.90 Å². The van der Waals surface area contributed by atoms with E-state index in [1.807, 2.05) is 29.2 Å². The lowest BCUT2D eigenvalue weighted by Crippen LogP contribution is -2.36. The Labute approximate surface area is 153 Å². The van der Waals surface area contributed by atoms with E-state index in [2.05, 4.69) is 26.0 Å². The van der Waals surface area contributed by atoms with Crippen LogP contribution in [0.25, 0.3) is 0 Å². The zero-order valence-corrected chi connectivity index (χ0v) is 15.3. The molecule has 25 heavy (non-hydrogen) atoms. The Hall–Kier alpha value is -2.13. The lowest BCUT2D eigenvalue weighted by molar-refractivity contribution is -0.120. The highest BCUT2D eigenvalue weighted by atomic mass is 35.5. The molecule has 2 aromatic carbocycles. The van der Waals surface area contributed by atoms with Gasteiger partial charge in [0.15, 0.2) is 0 Å². The molecule has 2 aliphatic rings. The zero-order chi connectivity index (χ0) is 17.6. The first-order chi connectivity index (χ1) is 12.0. The van der Waals surface area contributed by atoms with Crippen LogP contribution in [0.1, 0.15) is 36.0 Å². The van der Waals surface area contributed by atoms with Gasteiger partial charge in [0.05, 0.1) is 23.8 Å². The number of anilines is 1. The molecule has 0 radical (unpaired) electrons. The van der Waals surface area contributed by atoms with Crippen LogP contribution in [-0.2, 0) is 11.3 Å². The zero-order valence-electron chi connectivity index (χ0n) is 14.6. The molecule has 1 aliphatic carbocycles. The van der Waals surface area contributed by atoms with Crippen LogP contribution in [0.3, 0.4) is 0 Å². The van der Waals surface area contributed by atoms with Crippen molar-refractivity contribution in [2.24, 2.45) is 10.9 Å². The third kappa shape index (κ3) is 2.98. The summed E-state index contributed by atoms with van der Waals surface area (Å²) in [5.41, 5.74) is 6.28. The van der Waals surface area contributed by atoms with Crippen LogP contribution in [0, 0.1) is 19.8 Å². The summed E-state index contributed by atoms with van der Waals surface area (Å²) in [7, 11) is 0. The topological polar surface area (TPSA) is 32.7 Å². The molecule has 0 saturated heterocycles. The van der Waals surface area contributed by atoms with Gasteiger partial charge in [0.25, 0.3) is 0 Å². The number of nitrogens with zero attached hydrogens (tertiary/aromatic N) is 2. The maximum atomic E-state index is 13.3. The van der Waals surface area contributed by atoms with E-state index in [1.54, 1.807) is 0 Å². The Morgan fingerprint density at radius 3 is 2.80 bits per heavy atom. The third-order valence-electron chi connectivity index (χ3n) is 5.27. The predicted molar refractivity (Wildman–Crippen MR) is 103 cm³/mol. The van der Waals surface area contributed by atoms with Gasteiger partial charge in [-0.25, -0.2) is 0 Å². The molecule has 1 aliphatic heterocycles. The third-order valence-corrected chi connectivity index (χ3v) is 5.50. The van der Waals surface area contributed by atoms with Gasteiger partial charge in [-0.2, -0.15) is 0 Å². The molecule has 1 amide bonds. The smallest absolute Gasteiger partial charge is 0.236 e. The average Bonchev–Trinajstić information content (AvgIpc) is 3.00. The van der Waals surface area contributed by atoms with Crippen LogP contribution in [0.2, 0.25) is 5.02 Å². The second-order valence-corrected chi connectivity index (χ2v) is 7.46. The molecule has 0 aromatic heterocycles.